The largest absolute Gasteiger partial charge is 0.496 e. The molecule has 0 aliphatic carbocycles. The van der Waals surface area contributed by atoms with E-state index in [0.29, 0.717) is 29.2 Å². The number of anilines is 1. The number of benzene rings is 1. The molecule has 0 bridgehead atoms. The number of nitrogens with two attached hydrogens (primary N) is 1. The molecule has 0 fully saturated rings. The van der Waals surface area contributed by atoms with E-state index in [1.54, 1.807) is 30.6 Å². The number of nitrogen functional groups attached to an aromatic ring is 1. The Morgan fingerprint density at radius 2 is 2.35 bits per heavy atom. The summed E-state index contributed by atoms with van der Waals surface area (Å²) in [6.07, 6.45) is 4.09. The van der Waals surface area contributed by atoms with Crippen molar-refractivity contribution in [3.8, 4) is 5.75 Å². The van der Waals surface area contributed by atoms with Crippen molar-refractivity contribution in [2.24, 2.45) is 0 Å². The molecule has 2 rings (SSSR count). The molecular weight excluding hydrogens is 256 g/mol. The third kappa shape index (κ3) is 2.74. The zero-order valence-corrected chi connectivity index (χ0v) is 11.5. The first-order valence-corrected chi connectivity index (χ1v) is 6.40. The van der Waals surface area contributed by atoms with E-state index < -0.39 is 0 Å². The van der Waals surface area contributed by atoms with Crippen LogP contribution in [0.1, 0.15) is 35.6 Å². The minimum atomic E-state index is -0.275. The van der Waals surface area contributed by atoms with Crippen molar-refractivity contribution in [3.05, 3.63) is 42.0 Å². The second kappa shape index (κ2) is 6.10. The average molecular weight is 274 g/mol. The molecule has 1 unspecified atom stereocenters. The van der Waals surface area contributed by atoms with Crippen molar-refractivity contribution in [1.82, 2.24) is 15.3 Å². The van der Waals surface area contributed by atoms with Crippen molar-refractivity contribution >= 4 is 11.6 Å². The summed E-state index contributed by atoms with van der Waals surface area (Å²) < 4.78 is 5.19. The lowest BCUT2D eigenvalue weighted by molar-refractivity contribution is 0.0932. The van der Waals surface area contributed by atoms with E-state index in [1.807, 2.05) is 6.92 Å². The number of methoxy groups -OCH3 is 1. The molecule has 0 saturated heterocycles. The molecular formula is C14H18N4O2. The van der Waals surface area contributed by atoms with Crippen LogP contribution in [0.3, 0.4) is 0 Å². The molecule has 4 N–H and O–H groups in total. The second-order valence-electron chi connectivity index (χ2n) is 4.33. The topological polar surface area (TPSA) is 93.0 Å². The van der Waals surface area contributed by atoms with Gasteiger partial charge in [-0.25, -0.2) is 4.98 Å². The van der Waals surface area contributed by atoms with Crippen LogP contribution in [-0.4, -0.2) is 23.0 Å². The molecule has 0 saturated carbocycles. The number of nitrogens with zero attached hydrogens (tertiary/aromatic N) is 1. The quantitative estimate of drug-likeness (QED) is 0.726. The average Bonchev–Trinajstić information content (AvgIpc) is 2.98. The molecule has 1 aromatic heterocycles. The molecule has 1 atom stereocenters. The van der Waals surface area contributed by atoms with Gasteiger partial charge in [0.1, 0.15) is 17.1 Å². The number of imidazole rings is 1. The Bertz CT molecular complexity index is 581. The van der Waals surface area contributed by atoms with E-state index >= 15 is 0 Å². The zero-order chi connectivity index (χ0) is 14.5. The van der Waals surface area contributed by atoms with Crippen molar-refractivity contribution in [3.63, 3.8) is 0 Å². The molecule has 6 nitrogen and oxygen atoms in total. The smallest absolute Gasteiger partial charge is 0.257 e. The fraction of sp³-hybridized carbons (Fsp3) is 0.286. The van der Waals surface area contributed by atoms with Crippen molar-refractivity contribution in [2.75, 3.05) is 12.8 Å². The Labute approximate surface area is 117 Å². The highest BCUT2D eigenvalue weighted by Crippen LogP contribution is 2.25. The summed E-state index contributed by atoms with van der Waals surface area (Å²) in [5.74, 6) is 0.898. The first-order valence-electron chi connectivity index (χ1n) is 6.40. The number of carbonyl (C=O) groups excluding carboxylic acids is 1. The van der Waals surface area contributed by atoms with Gasteiger partial charge in [0.2, 0.25) is 0 Å². The van der Waals surface area contributed by atoms with E-state index in [1.165, 1.54) is 7.11 Å². The van der Waals surface area contributed by atoms with Gasteiger partial charge >= 0.3 is 0 Å². The number of nitrogens with one attached hydrogen (secondary N) is 2. The molecule has 1 heterocycles. The van der Waals surface area contributed by atoms with Gasteiger partial charge in [0.05, 0.1) is 13.2 Å². The van der Waals surface area contributed by atoms with Crippen molar-refractivity contribution in [1.29, 1.82) is 0 Å². The van der Waals surface area contributed by atoms with E-state index in [-0.39, 0.29) is 11.9 Å². The number of ether oxygens (including phenoxy) is 1. The highest BCUT2D eigenvalue weighted by atomic mass is 16.5. The number of hydrogen-bond acceptors (Lipinski definition) is 4. The molecule has 0 aliphatic rings. The Morgan fingerprint density at radius 1 is 1.55 bits per heavy atom. The Hall–Kier alpha value is -2.50. The summed E-state index contributed by atoms with van der Waals surface area (Å²) in [4.78, 5) is 19.6. The summed E-state index contributed by atoms with van der Waals surface area (Å²) in [6.45, 7) is 1.97. The lowest BCUT2D eigenvalue weighted by Crippen LogP contribution is -2.29. The first-order chi connectivity index (χ1) is 9.67. The minimum absolute atomic E-state index is 0.193. The Morgan fingerprint density at radius 3 is 2.95 bits per heavy atom. The third-order valence-electron chi connectivity index (χ3n) is 3.07. The van der Waals surface area contributed by atoms with Crippen LogP contribution in [0.25, 0.3) is 0 Å². The van der Waals surface area contributed by atoms with E-state index in [0.717, 1.165) is 0 Å². The van der Waals surface area contributed by atoms with Crippen LogP contribution in [0.4, 0.5) is 5.69 Å². The molecule has 6 heteroatoms. The standard InChI is InChI=1S/C14H18N4O2/c1-3-10(13-16-7-8-17-13)18-14(19)12-9(15)5-4-6-11(12)20-2/h4-8,10H,3,15H2,1-2H3,(H,16,17)(H,18,19). The first kappa shape index (κ1) is 13.9. The number of aromatic amines is 1. The van der Waals surface area contributed by atoms with Crippen molar-refractivity contribution < 1.29 is 9.53 Å². The predicted molar refractivity (Wildman–Crippen MR) is 76.5 cm³/mol. The lowest BCUT2D eigenvalue weighted by atomic mass is 10.1. The number of hydrogen-bond donors (Lipinski definition) is 3. The van der Waals surface area contributed by atoms with Crippen LogP contribution in [-0.2, 0) is 0 Å². The maximum atomic E-state index is 12.4. The van der Waals surface area contributed by atoms with Crippen LogP contribution in [0.15, 0.2) is 30.6 Å². The normalized spacial score (nSPS) is 11.9. The molecule has 1 amide bonds. The minimum Gasteiger partial charge on any atom is -0.496 e. The SMILES string of the molecule is CCC(NC(=O)c1c(N)cccc1OC)c1ncc[nH]1. The van der Waals surface area contributed by atoms with Gasteiger partial charge in [0.15, 0.2) is 0 Å². The molecule has 0 spiro atoms. The summed E-state index contributed by atoms with van der Waals surface area (Å²) in [7, 11) is 1.51. The van der Waals surface area contributed by atoms with Crippen LogP contribution in [0.5, 0.6) is 5.75 Å². The van der Waals surface area contributed by atoms with Crippen LogP contribution >= 0.6 is 0 Å². The van der Waals surface area contributed by atoms with E-state index in [9.17, 15) is 4.79 Å². The molecule has 0 radical (unpaired) electrons. The number of aromatic nitrogens is 2. The molecule has 106 valence electrons. The monoisotopic (exact) mass is 274 g/mol. The zero-order valence-electron chi connectivity index (χ0n) is 11.5. The van der Waals surface area contributed by atoms with Gasteiger partial charge in [0.25, 0.3) is 5.91 Å². The van der Waals surface area contributed by atoms with Gasteiger partial charge in [-0.05, 0) is 18.6 Å². The predicted octanol–water partition coefficient (Wildman–Crippen LogP) is 1.88. The molecule has 20 heavy (non-hydrogen) atoms. The molecule has 0 aliphatic heterocycles. The van der Waals surface area contributed by atoms with E-state index in [2.05, 4.69) is 15.3 Å². The summed E-state index contributed by atoms with van der Waals surface area (Å²) in [5.41, 5.74) is 6.60. The second-order valence-corrected chi connectivity index (χ2v) is 4.33. The number of rotatable bonds is 5. The highest BCUT2D eigenvalue weighted by molar-refractivity contribution is 6.02. The summed E-state index contributed by atoms with van der Waals surface area (Å²) in [5, 5.41) is 2.91. The van der Waals surface area contributed by atoms with Gasteiger partial charge in [0, 0.05) is 18.1 Å². The Balaban J connectivity index is 2.24. The van der Waals surface area contributed by atoms with Gasteiger partial charge in [-0.1, -0.05) is 13.0 Å². The van der Waals surface area contributed by atoms with Crippen LogP contribution in [0.2, 0.25) is 0 Å². The van der Waals surface area contributed by atoms with Gasteiger partial charge in [-0.2, -0.15) is 0 Å². The summed E-state index contributed by atoms with van der Waals surface area (Å²) >= 11 is 0. The highest BCUT2D eigenvalue weighted by Gasteiger charge is 2.20. The summed E-state index contributed by atoms with van der Waals surface area (Å²) in [6, 6.07) is 4.93. The number of H-pyrrole nitrogens is 1. The maximum Gasteiger partial charge on any atom is 0.257 e. The van der Waals surface area contributed by atoms with Crippen LogP contribution in [0, 0.1) is 0 Å². The maximum absolute atomic E-state index is 12.4. The fourth-order valence-electron chi connectivity index (χ4n) is 2.02. The van der Waals surface area contributed by atoms with E-state index in [4.69, 9.17) is 10.5 Å². The Kier molecular flexibility index (Phi) is 4.24. The number of carbonyl (C=O) groups is 1. The van der Waals surface area contributed by atoms with Gasteiger partial charge in [-0.3, -0.25) is 4.79 Å². The van der Waals surface area contributed by atoms with Gasteiger partial charge in [-0.15, -0.1) is 0 Å². The van der Waals surface area contributed by atoms with Gasteiger partial charge < -0.3 is 20.8 Å². The lowest BCUT2D eigenvalue weighted by Gasteiger charge is -2.17. The molecule has 1 aromatic carbocycles. The fourth-order valence-corrected chi connectivity index (χ4v) is 2.02. The molecule has 2 aromatic rings. The third-order valence-corrected chi connectivity index (χ3v) is 3.07. The number of amides is 1. The van der Waals surface area contributed by atoms with Crippen LogP contribution < -0.4 is 15.8 Å². The van der Waals surface area contributed by atoms with Crippen molar-refractivity contribution in [2.45, 2.75) is 19.4 Å².